The first kappa shape index (κ1) is 13.3. The molecule has 0 aliphatic heterocycles. The number of benzene rings is 1. The number of pyridine rings is 1. The number of alkyl halides is 3. The van der Waals surface area contributed by atoms with Crippen molar-refractivity contribution >= 4 is 0 Å². The summed E-state index contributed by atoms with van der Waals surface area (Å²) in [5.41, 5.74) is -1.06. The second kappa shape index (κ2) is 4.87. The van der Waals surface area contributed by atoms with Crippen molar-refractivity contribution in [3.05, 3.63) is 48.0 Å². The number of halogens is 4. The van der Waals surface area contributed by atoms with Crippen LogP contribution in [0.25, 0.3) is 11.1 Å². The van der Waals surface area contributed by atoms with Crippen LogP contribution in [-0.4, -0.2) is 12.1 Å². The molecular weight excluding hydrogens is 262 g/mol. The SMILES string of the molecule is COc1c(F)cncc1-c1ccccc1C(F)(F)F. The molecular formula is C13H9F4NO. The first-order chi connectivity index (χ1) is 8.95. The van der Waals surface area contributed by atoms with Crippen molar-refractivity contribution in [1.29, 1.82) is 0 Å². The Labute approximate surface area is 106 Å². The molecule has 0 bridgehead atoms. The van der Waals surface area contributed by atoms with Crippen LogP contribution in [0.4, 0.5) is 17.6 Å². The summed E-state index contributed by atoms with van der Waals surface area (Å²) in [6, 6.07) is 4.89. The van der Waals surface area contributed by atoms with Gasteiger partial charge in [-0.25, -0.2) is 4.39 Å². The zero-order chi connectivity index (χ0) is 14.0. The van der Waals surface area contributed by atoms with Gasteiger partial charge in [0.15, 0.2) is 11.6 Å². The Morgan fingerprint density at radius 1 is 1.05 bits per heavy atom. The quantitative estimate of drug-likeness (QED) is 0.772. The number of ether oxygens (including phenoxy) is 1. The van der Waals surface area contributed by atoms with Gasteiger partial charge in [0.1, 0.15) is 0 Å². The molecule has 0 saturated heterocycles. The Kier molecular flexibility index (Phi) is 3.42. The minimum Gasteiger partial charge on any atom is -0.493 e. The lowest BCUT2D eigenvalue weighted by molar-refractivity contribution is -0.137. The molecule has 0 fully saturated rings. The monoisotopic (exact) mass is 271 g/mol. The highest BCUT2D eigenvalue weighted by Gasteiger charge is 2.34. The van der Waals surface area contributed by atoms with Gasteiger partial charge < -0.3 is 4.74 Å². The average molecular weight is 271 g/mol. The van der Waals surface area contributed by atoms with E-state index in [2.05, 4.69) is 4.98 Å². The van der Waals surface area contributed by atoms with Crippen LogP contribution in [-0.2, 0) is 6.18 Å². The molecule has 1 aromatic carbocycles. The summed E-state index contributed by atoms with van der Waals surface area (Å²) in [7, 11) is 1.19. The molecule has 0 aliphatic rings. The maximum Gasteiger partial charge on any atom is 0.417 e. The molecule has 100 valence electrons. The summed E-state index contributed by atoms with van der Waals surface area (Å²) in [4.78, 5) is 3.57. The Morgan fingerprint density at radius 2 is 1.74 bits per heavy atom. The van der Waals surface area contributed by atoms with Gasteiger partial charge >= 0.3 is 6.18 Å². The summed E-state index contributed by atoms with van der Waals surface area (Å²) in [5.74, 6) is -1.07. The molecule has 0 atom stereocenters. The standard InChI is InChI=1S/C13H9F4NO/c1-19-12-9(6-18-7-11(12)14)8-4-2-3-5-10(8)13(15,16)17/h2-7H,1H3. The molecule has 0 unspecified atom stereocenters. The van der Waals surface area contributed by atoms with Gasteiger partial charge in [0.25, 0.3) is 0 Å². The fraction of sp³-hybridized carbons (Fsp3) is 0.154. The predicted molar refractivity (Wildman–Crippen MR) is 61.2 cm³/mol. The molecule has 0 amide bonds. The highest BCUT2D eigenvalue weighted by Crippen LogP contribution is 2.40. The van der Waals surface area contributed by atoms with Crippen molar-refractivity contribution in [1.82, 2.24) is 4.98 Å². The maximum atomic E-state index is 13.5. The summed E-state index contributed by atoms with van der Waals surface area (Å²) < 4.78 is 57.1. The van der Waals surface area contributed by atoms with Crippen LogP contribution in [0.15, 0.2) is 36.7 Å². The molecule has 19 heavy (non-hydrogen) atoms. The number of nitrogens with zero attached hydrogens (tertiary/aromatic N) is 1. The zero-order valence-electron chi connectivity index (χ0n) is 9.83. The van der Waals surface area contributed by atoms with Crippen LogP contribution < -0.4 is 4.74 Å². The normalized spacial score (nSPS) is 11.4. The van der Waals surface area contributed by atoms with E-state index in [1.54, 1.807) is 0 Å². The molecule has 0 radical (unpaired) electrons. The number of aromatic nitrogens is 1. The third kappa shape index (κ3) is 2.52. The van der Waals surface area contributed by atoms with Crippen molar-refractivity contribution in [2.24, 2.45) is 0 Å². The summed E-state index contributed by atoms with van der Waals surface area (Å²) in [6.07, 6.45) is -2.50. The molecule has 6 heteroatoms. The molecule has 0 saturated carbocycles. The van der Waals surface area contributed by atoms with Crippen molar-refractivity contribution in [3.8, 4) is 16.9 Å². The van der Waals surface area contributed by atoms with Crippen molar-refractivity contribution in [2.45, 2.75) is 6.18 Å². The van der Waals surface area contributed by atoms with Crippen molar-refractivity contribution in [2.75, 3.05) is 7.11 Å². The maximum absolute atomic E-state index is 13.5. The van der Waals surface area contributed by atoms with Crippen molar-refractivity contribution in [3.63, 3.8) is 0 Å². The highest BCUT2D eigenvalue weighted by atomic mass is 19.4. The minimum absolute atomic E-state index is 0.0320. The van der Waals surface area contributed by atoms with Gasteiger partial charge in [0.2, 0.25) is 0 Å². The number of hydrogen-bond acceptors (Lipinski definition) is 2. The minimum atomic E-state index is -4.53. The van der Waals surface area contributed by atoms with E-state index in [1.807, 2.05) is 0 Å². The largest absolute Gasteiger partial charge is 0.493 e. The zero-order valence-corrected chi connectivity index (χ0v) is 9.83. The van der Waals surface area contributed by atoms with Crippen LogP contribution >= 0.6 is 0 Å². The molecule has 2 rings (SSSR count). The fourth-order valence-electron chi connectivity index (χ4n) is 1.79. The van der Waals surface area contributed by atoms with E-state index in [9.17, 15) is 17.6 Å². The van der Waals surface area contributed by atoms with Gasteiger partial charge in [-0.1, -0.05) is 18.2 Å². The second-order valence-corrected chi connectivity index (χ2v) is 3.75. The van der Waals surface area contributed by atoms with Gasteiger partial charge in [-0.2, -0.15) is 13.2 Å². The Morgan fingerprint density at radius 3 is 2.37 bits per heavy atom. The van der Waals surface area contributed by atoms with Gasteiger partial charge in [-0.15, -0.1) is 0 Å². The van der Waals surface area contributed by atoms with E-state index in [-0.39, 0.29) is 16.9 Å². The molecule has 0 N–H and O–H groups in total. The number of rotatable bonds is 2. The van der Waals surface area contributed by atoms with E-state index in [4.69, 9.17) is 4.74 Å². The molecule has 1 aromatic heterocycles. The van der Waals surface area contributed by atoms with Crippen LogP contribution in [0.3, 0.4) is 0 Å². The third-order valence-electron chi connectivity index (χ3n) is 2.58. The van der Waals surface area contributed by atoms with Gasteiger partial charge in [0, 0.05) is 11.8 Å². The average Bonchev–Trinajstić information content (AvgIpc) is 2.37. The number of methoxy groups -OCH3 is 1. The molecule has 2 nitrogen and oxygen atoms in total. The highest BCUT2D eigenvalue weighted by molar-refractivity contribution is 5.73. The molecule has 1 heterocycles. The second-order valence-electron chi connectivity index (χ2n) is 3.75. The Balaban J connectivity index is 2.70. The first-order valence-electron chi connectivity index (χ1n) is 5.29. The van der Waals surface area contributed by atoms with Crippen molar-refractivity contribution < 1.29 is 22.3 Å². The Bertz CT molecular complexity index is 595. The van der Waals surface area contributed by atoms with Gasteiger partial charge in [0.05, 0.1) is 18.9 Å². The molecule has 2 aromatic rings. The lowest BCUT2D eigenvalue weighted by Gasteiger charge is -2.14. The smallest absolute Gasteiger partial charge is 0.417 e. The van der Waals surface area contributed by atoms with Crippen LogP contribution in [0.1, 0.15) is 5.56 Å². The van der Waals surface area contributed by atoms with Crippen LogP contribution in [0.2, 0.25) is 0 Å². The summed E-state index contributed by atoms with van der Waals surface area (Å²) in [6.45, 7) is 0. The molecule has 0 aliphatic carbocycles. The lowest BCUT2D eigenvalue weighted by atomic mass is 10.00. The summed E-state index contributed by atoms with van der Waals surface area (Å²) >= 11 is 0. The van der Waals surface area contributed by atoms with Gasteiger partial charge in [-0.05, 0) is 11.6 Å². The van der Waals surface area contributed by atoms with Crippen LogP contribution in [0, 0.1) is 5.82 Å². The van der Waals surface area contributed by atoms with E-state index in [1.165, 1.54) is 25.3 Å². The predicted octanol–water partition coefficient (Wildman–Crippen LogP) is 3.92. The molecule has 0 spiro atoms. The number of hydrogen-bond donors (Lipinski definition) is 0. The third-order valence-corrected chi connectivity index (χ3v) is 2.58. The van der Waals surface area contributed by atoms with Crippen LogP contribution in [0.5, 0.6) is 5.75 Å². The Hall–Kier alpha value is -2.11. The lowest BCUT2D eigenvalue weighted by Crippen LogP contribution is -2.07. The van der Waals surface area contributed by atoms with Gasteiger partial charge in [-0.3, -0.25) is 4.98 Å². The fourth-order valence-corrected chi connectivity index (χ4v) is 1.79. The van der Waals surface area contributed by atoms with E-state index in [0.717, 1.165) is 18.5 Å². The van der Waals surface area contributed by atoms with E-state index < -0.39 is 17.6 Å². The topological polar surface area (TPSA) is 22.1 Å². The first-order valence-corrected chi connectivity index (χ1v) is 5.29. The van der Waals surface area contributed by atoms with E-state index >= 15 is 0 Å². The summed E-state index contributed by atoms with van der Waals surface area (Å²) in [5, 5.41) is 0. The van der Waals surface area contributed by atoms with E-state index in [0.29, 0.717) is 0 Å².